The van der Waals surface area contributed by atoms with Gasteiger partial charge in [-0.25, -0.2) is 0 Å². The first kappa shape index (κ1) is 27.7. The second-order valence-corrected chi connectivity index (χ2v) is 4.75. The van der Waals surface area contributed by atoms with Crippen molar-refractivity contribution in [2.45, 2.75) is 37.8 Å². The van der Waals surface area contributed by atoms with Crippen LogP contribution in [0.4, 0.5) is 0 Å². The van der Waals surface area contributed by atoms with E-state index in [-0.39, 0.29) is 28.7 Å². The number of nitrogens with two attached hydrogens (primary N) is 6. The molecule has 0 aromatic carbocycles. The van der Waals surface area contributed by atoms with Crippen molar-refractivity contribution in [2.75, 3.05) is 13.1 Å². The van der Waals surface area contributed by atoms with Crippen LogP contribution in [0, 0.1) is 0 Å². The number of hydrogen-bond donors (Lipinski definition) is 6. The summed E-state index contributed by atoms with van der Waals surface area (Å²) in [7, 11) is 0. The van der Waals surface area contributed by atoms with E-state index in [9.17, 15) is 19.8 Å². The molecule has 0 aliphatic heterocycles. The Morgan fingerprint density at radius 2 is 1.04 bits per heavy atom. The molecule has 0 fully saturated rings. The number of hydrogen-bond acceptors (Lipinski definition) is 8. The molecule has 25 heavy (non-hydrogen) atoms. The van der Waals surface area contributed by atoms with Crippen molar-refractivity contribution < 1.29 is 36.6 Å². The van der Waals surface area contributed by atoms with Crippen LogP contribution in [0.15, 0.2) is 9.98 Å². The van der Waals surface area contributed by atoms with Crippen molar-refractivity contribution in [3.05, 3.63) is 0 Å². The van der Waals surface area contributed by atoms with E-state index >= 15 is 0 Å². The van der Waals surface area contributed by atoms with Gasteiger partial charge in [-0.1, -0.05) is 0 Å². The predicted octanol–water partition coefficient (Wildman–Crippen LogP) is -5.77. The molecule has 13 heteroatoms. The van der Waals surface area contributed by atoms with E-state index in [0.29, 0.717) is 38.8 Å². The Morgan fingerprint density at radius 3 is 1.24 bits per heavy atom. The number of nitrogens with zero attached hydrogens (tertiary/aromatic N) is 2. The molecule has 0 heterocycles. The molecular formula is C12H26CoN8O4. The third kappa shape index (κ3) is 21.9. The minimum atomic E-state index is -1.25. The Hall–Kier alpha value is -2.09. The van der Waals surface area contributed by atoms with Crippen LogP contribution in [-0.4, -0.2) is 49.0 Å². The Kier molecular flexibility index (Phi) is 18.6. The Labute approximate surface area is 156 Å². The average Bonchev–Trinajstić information content (AvgIpc) is 2.47. The maximum atomic E-state index is 10.1. The monoisotopic (exact) mass is 405 g/mol. The van der Waals surface area contributed by atoms with Gasteiger partial charge in [-0.3, -0.25) is 9.98 Å². The number of carboxylic acid groups (broad SMARTS) is 2. The van der Waals surface area contributed by atoms with Crippen LogP contribution < -0.4 is 44.6 Å². The molecule has 0 spiro atoms. The summed E-state index contributed by atoms with van der Waals surface area (Å²) in [6.07, 6.45) is 1.71. The fraction of sp³-hybridized carbons (Fsp3) is 0.667. The molecular weight excluding hydrogens is 379 g/mol. The summed E-state index contributed by atoms with van der Waals surface area (Å²) in [6, 6.07) is -1.86. The number of carbonyl (C=O) groups excluding carboxylic acids is 2. The predicted molar refractivity (Wildman–Crippen MR) is 85.8 cm³/mol. The third-order valence-corrected chi connectivity index (χ3v) is 2.54. The van der Waals surface area contributed by atoms with Crippen molar-refractivity contribution >= 4 is 23.9 Å². The summed E-state index contributed by atoms with van der Waals surface area (Å²) in [5, 5.41) is 20.2. The van der Waals surface area contributed by atoms with Crippen LogP contribution in [-0.2, 0) is 26.4 Å². The first-order valence-electron chi connectivity index (χ1n) is 7.11. The zero-order chi connectivity index (χ0) is 19.1. The zero-order valence-corrected chi connectivity index (χ0v) is 14.8. The van der Waals surface area contributed by atoms with Gasteiger partial charge in [-0.05, 0) is 25.7 Å². The molecule has 12 N–H and O–H groups in total. The summed E-state index contributed by atoms with van der Waals surface area (Å²) in [6.45, 7) is 0.784. The largest absolute Gasteiger partial charge is 2.00 e. The molecule has 1 radical (unpaired) electrons. The number of aliphatic imine (C=N–C) groups is 2. The summed E-state index contributed by atoms with van der Waals surface area (Å²) in [4.78, 5) is 27.5. The van der Waals surface area contributed by atoms with Gasteiger partial charge < -0.3 is 54.2 Å². The molecule has 0 aromatic rings. The molecule has 0 unspecified atom stereocenters. The second kappa shape index (κ2) is 16.8. The molecule has 0 aromatic heterocycles. The topological polar surface area (TPSA) is 261 Å². The standard InChI is InChI=1S/2C6H14N4O2.Co/c2*7-4(5(11)12)2-1-3-10-6(8)9;/h2*4H,1-3,7H2,(H,11,12)(H4,8,9,10);/q;;+2/p-2/t2*4-;/m00./s1. The zero-order valence-electron chi connectivity index (χ0n) is 13.7. The Bertz CT molecular complexity index is 399. The van der Waals surface area contributed by atoms with Gasteiger partial charge in [0, 0.05) is 25.2 Å². The number of aliphatic carboxylic acids is 2. The SMILES string of the molecule is NC(N)=NCCC[C@H](N)C(=O)[O-].NC(N)=NCCC[C@H](N)C(=O)[O-].[Co+2]. The van der Waals surface area contributed by atoms with Crippen molar-refractivity contribution in [3.63, 3.8) is 0 Å². The van der Waals surface area contributed by atoms with E-state index in [1.165, 1.54) is 0 Å². The van der Waals surface area contributed by atoms with Gasteiger partial charge in [0.2, 0.25) is 0 Å². The Balaban J connectivity index is -0.000000372. The van der Waals surface area contributed by atoms with Crippen LogP contribution in [0.3, 0.4) is 0 Å². The van der Waals surface area contributed by atoms with E-state index in [2.05, 4.69) is 9.98 Å². The van der Waals surface area contributed by atoms with Gasteiger partial charge in [-0.15, -0.1) is 0 Å². The molecule has 0 saturated carbocycles. The van der Waals surface area contributed by atoms with Crippen LogP contribution in [0.5, 0.6) is 0 Å². The molecule has 0 aliphatic rings. The fourth-order valence-corrected chi connectivity index (χ4v) is 1.27. The fourth-order valence-electron chi connectivity index (χ4n) is 1.27. The first-order chi connectivity index (χ1) is 11.1. The van der Waals surface area contributed by atoms with Crippen LogP contribution in [0.2, 0.25) is 0 Å². The van der Waals surface area contributed by atoms with Crippen molar-refractivity contribution in [2.24, 2.45) is 44.4 Å². The van der Waals surface area contributed by atoms with E-state index in [0.717, 1.165) is 0 Å². The molecule has 2 atom stereocenters. The molecule has 0 saturated heterocycles. The van der Waals surface area contributed by atoms with E-state index in [1.807, 2.05) is 0 Å². The van der Waals surface area contributed by atoms with Crippen molar-refractivity contribution in [3.8, 4) is 0 Å². The maximum Gasteiger partial charge on any atom is 2.00 e. The number of carbonyl (C=O) groups is 2. The minimum Gasteiger partial charge on any atom is -0.548 e. The van der Waals surface area contributed by atoms with Gasteiger partial charge in [-0.2, -0.15) is 0 Å². The van der Waals surface area contributed by atoms with Gasteiger partial charge >= 0.3 is 16.8 Å². The maximum absolute atomic E-state index is 10.1. The smallest absolute Gasteiger partial charge is 0.548 e. The third-order valence-electron chi connectivity index (χ3n) is 2.54. The minimum absolute atomic E-state index is 0. The number of carboxylic acids is 2. The summed E-state index contributed by atoms with van der Waals surface area (Å²) >= 11 is 0. The molecule has 0 bridgehead atoms. The van der Waals surface area contributed by atoms with Crippen LogP contribution in [0.1, 0.15) is 25.7 Å². The summed E-state index contributed by atoms with van der Waals surface area (Å²) in [5.41, 5.74) is 30.5. The quantitative estimate of drug-likeness (QED) is 0.114. The molecule has 147 valence electrons. The van der Waals surface area contributed by atoms with E-state index in [1.54, 1.807) is 0 Å². The Morgan fingerprint density at radius 1 is 0.760 bits per heavy atom. The van der Waals surface area contributed by atoms with Crippen LogP contribution in [0.25, 0.3) is 0 Å². The van der Waals surface area contributed by atoms with Gasteiger partial charge in [0.05, 0.1) is 11.9 Å². The van der Waals surface area contributed by atoms with Crippen molar-refractivity contribution in [1.82, 2.24) is 0 Å². The number of rotatable bonds is 10. The van der Waals surface area contributed by atoms with Crippen molar-refractivity contribution in [1.29, 1.82) is 0 Å². The molecule has 0 amide bonds. The summed E-state index contributed by atoms with van der Waals surface area (Å²) in [5.74, 6) is -2.51. The molecule has 12 nitrogen and oxygen atoms in total. The molecule has 0 rings (SSSR count). The first-order valence-corrected chi connectivity index (χ1v) is 7.11. The second-order valence-electron chi connectivity index (χ2n) is 4.75. The van der Waals surface area contributed by atoms with Gasteiger partial charge in [0.1, 0.15) is 0 Å². The van der Waals surface area contributed by atoms with E-state index in [4.69, 9.17) is 34.4 Å². The number of guanidine groups is 2. The molecule has 0 aliphatic carbocycles. The average molecular weight is 405 g/mol. The normalized spacial score (nSPS) is 11.6. The van der Waals surface area contributed by atoms with Crippen LogP contribution >= 0.6 is 0 Å². The van der Waals surface area contributed by atoms with E-state index < -0.39 is 24.0 Å². The van der Waals surface area contributed by atoms with Gasteiger partial charge in [0.15, 0.2) is 11.9 Å². The summed E-state index contributed by atoms with van der Waals surface area (Å²) < 4.78 is 0. The van der Waals surface area contributed by atoms with Gasteiger partial charge in [0.25, 0.3) is 0 Å².